The monoisotopic (exact) mass is 136 g/mol. The highest BCUT2D eigenvalue weighted by atomic mass is 15.3. The summed E-state index contributed by atoms with van der Waals surface area (Å²) < 4.78 is 2.10. The topological polar surface area (TPSA) is 17.8 Å². The number of aromatic nitrogens is 2. The third-order valence-electron chi connectivity index (χ3n) is 1.95. The molecule has 1 aromatic heterocycles. The Hall–Kier alpha value is -0.790. The molecule has 0 saturated heterocycles. The molecule has 0 spiro atoms. The number of hydrogen-bond acceptors (Lipinski definition) is 1. The van der Waals surface area contributed by atoms with Gasteiger partial charge in [-0.1, -0.05) is 6.92 Å². The first-order valence-electron chi connectivity index (χ1n) is 3.94. The number of rotatable bonds is 2. The van der Waals surface area contributed by atoms with Crippen LogP contribution in [0.25, 0.3) is 0 Å². The molecule has 0 aliphatic heterocycles. The van der Waals surface area contributed by atoms with Gasteiger partial charge in [0.1, 0.15) is 0 Å². The first-order chi connectivity index (χ1) is 4.90. The van der Waals surface area contributed by atoms with Gasteiger partial charge in [-0.05, 0) is 25.3 Å². The number of nitrogens with zero attached hydrogens (tertiary/aromatic N) is 2. The molecule has 2 heteroatoms. The van der Waals surface area contributed by atoms with E-state index in [9.17, 15) is 0 Å². The standard InChI is InChI=1S/C8H12N2/c1-2-7-5-6-10(9-7)8-3-4-8/h5-6,8H,2-4H2,1H3. The summed E-state index contributed by atoms with van der Waals surface area (Å²) in [5, 5.41) is 4.41. The van der Waals surface area contributed by atoms with Crippen molar-refractivity contribution in [3.05, 3.63) is 18.0 Å². The summed E-state index contributed by atoms with van der Waals surface area (Å²) in [7, 11) is 0. The van der Waals surface area contributed by atoms with Crippen LogP contribution in [-0.2, 0) is 6.42 Å². The highest BCUT2D eigenvalue weighted by Gasteiger charge is 2.23. The van der Waals surface area contributed by atoms with E-state index in [0.29, 0.717) is 0 Å². The average Bonchev–Trinajstić information content (AvgIpc) is 2.70. The van der Waals surface area contributed by atoms with E-state index < -0.39 is 0 Å². The van der Waals surface area contributed by atoms with E-state index in [-0.39, 0.29) is 0 Å². The Morgan fingerprint density at radius 2 is 2.50 bits per heavy atom. The van der Waals surface area contributed by atoms with Crippen LogP contribution in [0.1, 0.15) is 31.5 Å². The molecule has 0 unspecified atom stereocenters. The Labute approximate surface area is 60.9 Å². The predicted octanol–water partition coefficient (Wildman–Crippen LogP) is 1.78. The Morgan fingerprint density at radius 1 is 1.70 bits per heavy atom. The molecule has 0 aromatic carbocycles. The molecule has 2 nitrogen and oxygen atoms in total. The first-order valence-corrected chi connectivity index (χ1v) is 3.94. The second-order valence-electron chi connectivity index (χ2n) is 2.87. The summed E-state index contributed by atoms with van der Waals surface area (Å²) in [6, 6.07) is 2.85. The van der Waals surface area contributed by atoms with Crippen molar-refractivity contribution < 1.29 is 0 Å². The lowest BCUT2D eigenvalue weighted by atomic mass is 10.4. The highest BCUT2D eigenvalue weighted by Crippen LogP contribution is 2.33. The molecule has 0 amide bonds. The molecule has 1 heterocycles. The zero-order chi connectivity index (χ0) is 6.97. The van der Waals surface area contributed by atoms with Crippen molar-refractivity contribution in [2.45, 2.75) is 32.2 Å². The molecule has 0 atom stereocenters. The van der Waals surface area contributed by atoms with Crippen LogP contribution in [0.4, 0.5) is 0 Å². The number of hydrogen-bond donors (Lipinski definition) is 0. The van der Waals surface area contributed by atoms with Gasteiger partial charge in [-0.25, -0.2) is 0 Å². The molecule has 1 saturated carbocycles. The fourth-order valence-electron chi connectivity index (χ4n) is 1.11. The Balaban J connectivity index is 2.19. The largest absolute Gasteiger partial charge is 0.269 e. The summed E-state index contributed by atoms with van der Waals surface area (Å²) >= 11 is 0. The first kappa shape index (κ1) is 5.96. The molecule has 1 fully saturated rings. The maximum atomic E-state index is 4.41. The van der Waals surface area contributed by atoms with E-state index in [1.807, 2.05) is 0 Å². The summed E-state index contributed by atoms with van der Waals surface area (Å²) in [6.07, 6.45) is 5.80. The smallest absolute Gasteiger partial charge is 0.0621 e. The molecule has 10 heavy (non-hydrogen) atoms. The van der Waals surface area contributed by atoms with Gasteiger partial charge in [0.2, 0.25) is 0 Å². The normalized spacial score (nSPS) is 17.7. The van der Waals surface area contributed by atoms with Crippen molar-refractivity contribution in [3.63, 3.8) is 0 Å². The van der Waals surface area contributed by atoms with Crippen molar-refractivity contribution in [1.82, 2.24) is 9.78 Å². The van der Waals surface area contributed by atoms with Gasteiger partial charge >= 0.3 is 0 Å². The maximum Gasteiger partial charge on any atom is 0.0621 e. The van der Waals surface area contributed by atoms with Crippen molar-refractivity contribution in [1.29, 1.82) is 0 Å². The quantitative estimate of drug-likeness (QED) is 0.606. The molecule has 1 aromatic rings. The van der Waals surface area contributed by atoms with Crippen molar-refractivity contribution >= 4 is 0 Å². The second-order valence-corrected chi connectivity index (χ2v) is 2.87. The lowest BCUT2D eigenvalue weighted by Gasteiger charge is -1.93. The van der Waals surface area contributed by atoms with Crippen molar-refractivity contribution in [3.8, 4) is 0 Å². The third-order valence-corrected chi connectivity index (χ3v) is 1.95. The molecule has 2 rings (SSSR count). The minimum absolute atomic E-state index is 0.736. The molecule has 0 radical (unpaired) electrons. The summed E-state index contributed by atoms with van der Waals surface area (Å²) in [4.78, 5) is 0. The van der Waals surface area contributed by atoms with Crippen LogP contribution in [0.15, 0.2) is 12.3 Å². The Bertz CT molecular complexity index is 223. The lowest BCUT2D eigenvalue weighted by Crippen LogP contribution is -1.94. The van der Waals surface area contributed by atoms with Crippen LogP contribution in [-0.4, -0.2) is 9.78 Å². The van der Waals surface area contributed by atoms with E-state index in [4.69, 9.17) is 0 Å². The Kier molecular flexibility index (Phi) is 1.26. The molecule has 0 N–H and O–H groups in total. The summed E-state index contributed by atoms with van der Waals surface area (Å²) in [6.45, 7) is 2.14. The van der Waals surface area contributed by atoms with E-state index in [1.54, 1.807) is 0 Å². The fraction of sp³-hybridized carbons (Fsp3) is 0.625. The van der Waals surface area contributed by atoms with Crippen LogP contribution in [0.5, 0.6) is 0 Å². The van der Waals surface area contributed by atoms with Crippen LogP contribution < -0.4 is 0 Å². The van der Waals surface area contributed by atoms with Crippen LogP contribution in [0.3, 0.4) is 0 Å². The molecule has 54 valence electrons. The fourth-order valence-corrected chi connectivity index (χ4v) is 1.11. The van der Waals surface area contributed by atoms with Gasteiger partial charge in [-0.2, -0.15) is 5.10 Å². The van der Waals surface area contributed by atoms with Gasteiger partial charge in [0, 0.05) is 6.20 Å². The zero-order valence-electron chi connectivity index (χ0n) is 6.25. The van der Waals surface area contributed by atoms with Gasteiger partial charge in [0.25, 0.3) is 0 Å². The third kappa shape index (κ3) is 0.939. The predicted molar refractivity (Wildman–Crippen MR) is 39.9 cm³/mol. The zero-order valence-corrected chi connectivity index (χ0v) is 6.25. The molecule has 1 aliphatic rings. The van der Waals surface area contributed by atoms with E-state index in [2.05, 4.69) is 29.0 Å². The van der Waals surface area contributed by atoms with Gasteiger partial charge in [-0.3, -0.25) is 4.68 Å². The summed E-state index contributed by atoms with van der Waals surface area (Å²) in [5.41, 5.74) is 1.21. The van der Waals surface area contributed by atoms with Gasteiger partial charge < -0.3 is 0 Å². The van der Waals surface area contributed by atoms with Crippen LogP contribution in [0, 0.1) is 0 Å². The van der Waals surface area contributed by atoms with E-state index >= 15 is 0 Å². The lowest BCUT2D eigenvalue weighted by molar-refractivity contribution is 0.631. The highest BCUT2D eigenvalue weighted by molar-refractivity contribution is 5.00. The molecular formula is C8H12N2. The molecular weight excluding hydrogens is 124 g/mol. The molecule has 1 aliphatic carbocycles. The van der Waals surface area contributed by atoms with Gasteiger partial charge in [0.15, 0.2) is 0 Å². The minimum atomic E-state index is 0.736. The van der Waals surface area contributed by atoms with Crippen molar-refractivity contribution in [2.75, 3.05) is 0 Å². The second kappa shape index (κ2) is 2.11. The van der Waals surface area contributed by atoms with E-state index in [1.165, 1.54) is 18.5 Å². The number of aryl methyl sites for hydroxylation is 1. The summed E-state index contributed by atoms with van der Waals surface area (Å²) in [5.74, 6) is 0. The molecule has 0 bridgehead atoms. The van der Waals surface area contributed by atoms with Gasteiger partial charge in [-0.15, -0.1) is 0 Å². The Morgan fingerprint density at radius 3 is 3.00 bits per heavy atom. The van der Waals surface area contributed by atoms with Gasteiger partial charge in [0.05, 0.1) is 11.7 Å². The van der Waals surface area contributed by atoms with Crippen LogP contribution >= 0.6 is 0 Å². The SMILES string of the molecule is CCc1ccn(C2CC2)n1. The van der Waals surface area contributed by atoms with Crippen LogP contribution in [0.2, 0.25) is 0 Å². The minimum Gasteiger partial charge on any atom is -0.269 e. The average molecular weight is 136 g/mol. The van der Waals surface area contributed by atoms with Crippen molar-refractivity contribution in [2.24, 2.45) is 0 Å². The maximum absolute atomic E-state index is 4.41. The van der Waals surface area contributed by atoms with E-state index in [0.717, 1.165) is 12.5 Å².